The predicted molar refractivity (Wildman–Crippen MR) is 158 cm³/mol. The van der Waals surface area contributed by atoms with E-state index in [1.807, 2.05) is 18.2 Å². The molecule has 3 N–H and O–H groups in total. The number of amides is 3. The van der Waals surface area contributed by atoms with E-state index < -0.39 is 34.2 Å². The fourth-order valence-corrected chi connectivity index (χ4v) is 6.22. The van der Waals surface area contributed by atoms with Crippen molar-refractivity contribution in [2.24, 2.45) is 5.92 Å². The van der Waals surface area contributed by atoms with E-state index in [4.69, 9.17) is 4.42 Å². The lowest BCUT2D eigenvalue weighted by atomic mass is 9.98. The van der Waals surface area contributed by atoms with Gasteiger partial charge in [0.15, 0.2) is 0 Å². The third kappa shape index (κ3) is 5.02. The van der Waals surface area contributed by atoms with E-state index >= 15 is 0 Å². The molecule has 0 saturated heterocycles. The Balaban J connectivity index is 1.30. The third-order valence-corrected chi connectivity index (χ3v) is 9.23. The van der Waals surface area contributed by atoms with Crippen LogP contribution in [0, 0.1) is 11.7 Å². The number of hydrogen-bond acceptors (Lipinski definition) is 5. The van der Waals surface area contributed by atoms with Crippen LogP contribution in [-0.4, -0.2) is 39.8 Å². The smallest absolute Gasteiger partial charge is 0.258 e. The number of nitrogens with one attached hydrogen (secondary N) is 3. The molecule has 3 aromatic carbocycles. The lowest BCUT2D eigenvalue weighted by Crippen LogP contribution is -2.51. The molecule has 1 unspecified atom stereocenters. The normalized spacial score (nSPS) is 20.0. The van der Waals surface area contributed by atoms with Gasteiger partial charge in [0.2, 0.25) is 0 Å². The van der Waals surface area contributed by atoms with E-state index in [0.29, 0.717) is 45.4 Å². The van der Waals surface area contributed by atoms with Gasteiger partial charge in [0.05, 0.1) is 10.8 Å². The van der Waals surface area contributed by atoms with Crippen LogP contribution in [-0.2, 0) is 15.8 Å². The minimum absolute atomic E-state index is 0.0254. The first-order valence-corrected chi connectivity index (χ1v) is 14.8. The Morgan fingerprint density at radius 1 is 1.00 bits per heavy atom. The number of benzene rings is 3. The Kier molecular flexibility index (Phi) is 7.02. The third-order valence-electron chi connectivity index (χ3n) is 7.77. The van der Waals surface area contributed by atoms with E-state index in [1.165, 1.54) is 19.2 Å². The van der Waals surface area contributed by atoms with Crippen LogP contribution in [0.25, 0.3) is 33.4 Å². The molecule has 2 saturated carbocycles. The molecule has 2 aliphatic carbocycles. The summed E-state index contributed by atoms with van der Waals surface area (Å²) in [5, 5.41) is 6.05. The summed E-state index contributed by atoms with van der Waals surface area (Å²) in [6.45, 7) is 3.78. The summed E-state index contributed by atoms with van der Waals surface area (Å²) in [7, 11) is 0.0531. The maximum Gasteiger partial charge on any atom is 0.258 e. The van der Waals surface area contributed by atoms with Gasteiger partial charge in [0, 0.05) is 29.5 Å². The SMILES string of the molecule is C=C[C@@H]1C[C@]1(NC(=O)c1cccc(-c2ccc3oc(-c4ccc(F)cc4)c(C(=O)NC)c3c2)c1)C(=O)NS(=O)C1CC1. The second-order valence-corrected chi connectivity index (χ2v) is 12.0. The molecule has 1 aromatic heterocycles. The Hall–Kier alpha value is -4.57. The largest absolute Gasteiger partial charge is 0.455 e. The summed E-state index contributed by atoms with van der Waals surface area (Å²) < 4.78 is 34.5. The van der Waals surface area contributed by atoms with E-state index in [9.17, 15) is 23.0 Å². The quantitative estimate of drug-likeness (QED) is 0.242. The summed E-state index contributed by atoms with van der Waals surface area (Å²) in [5.41, 5.74) is 1.94. The molecule has 42 heavy (non-hydrogen) atoms. The van der Waals surface area contributed by atoms with Crippen LogP contribution in [0.1, 0.15) is 40.0 Å². The molecule has 6 rings (SSSR count). The summed E-state index contributed by atoms with van der Waals surface area (Å²) in [6.07, 6.45) is 3.63. The lowest BCUT2D eigenvalue weighted by molar-refractivity contribution is -0.122. The molecule has 2 fully saturated rings. The molecule has 2 aliphatic rings. The Morgan fingerprint density at radius 2 is 1.71 bits per heavy atom. The highest BCUT2D eigenvalue weighted by molar-refractivity contribution is 7.84. The van der Waals surface area contributed by atoms with Crippen molar-refractivity contribution in [3.63, 3.8) is 0 Å². The monoisotopic (exact) mass is 585 g/mol. The van der Waals surface area contributed by atoms with Crippen LogP contribution in [0.15, 0.2) is 83.8 Å². The molecule has 0 spiro atoms. The molecule has 3 amide bonds. The fraction of sp³-hybridized carbons (Fsp3) is 0.219. The van der Waals surface area contributed by atoms with Crippen molar-refractivity contribution in [2.75, 3.05) is 7.05 Å². The zero-order valence-electron chi connectivity index (χ0n) is 22.7. The minimum Gasteiger partial charge on any atom is -0.455 e. The molecular formula is C32H28FN3O5S. The van der Waals surface area contributed by atoms with E-state index in [0.717, 1.165) is 18.4 Å². The van der Waals surface area contributed by atoms with Crippen LogP contribution < -0.4 is 15.4 Å². The number of fused-ring (bicyclic) bond motifs is 1. The highest BCUT2D eigenvalue weighted by atomic mass is 32.2. The van der Waals surface area contributed by atoms with Gasteiger partial charge >= 0.3 is 0 Å². The number of halogens is 1. The first-order chi connectivity index (χ1) is 20.2. The first-order valence-electron chi connectivity index (χ1n) is 13.6. The standard InChI is InChI=1S/C32H28FN3O5S/c1-3-22-17-32(22,31(39)36-42(40)24-12-13-24)35-29(37)21-6-4-5-19(15-21)20-9-14-26-25(16-20)27(30(38)34-2)28(41-26)18-7-10-23(33)11-8-18/h3-11,14-16,22,24H,1,12-13,17H2,2H3,(H,34,38)(H,35,37)(H,36,39)/t22-,32-,42?/m1/s1. The van der Waals surface area contributed by atoms with Crippen LogP contribution >= 0.6 is 0 Å². The van der Waals surface area contributed by atoms with Crippen molar-refractivity contribution >= 4 is 39.7 Å². The second-order valence-electron chi connectivity index (χ2n) is 10.6. The molecule has 1 heterocycles. The van der Waals surface area contributed by atoms with Gasteiger partial charge < -0.3 is 15.1 Å². The summed E-state index contributed by atoms with van der Waals surface area (Å²) in [5.74, 6) is -1.60. The van der Waals surface area contributed by atoms with Gasteiger partial charge in [-0.2, -0.15) is 0 Å². The van der Waals surface area contributed by atoms with Gasteiger partial charge in [-0.15, -0.1) is 6.58 Å². The molecule has 214 valence electrons. The number of rotatable bonds is 9. The first kappa shape index (κ1) is 27.6. The molecule has 10 heteroatoms. The van der Waals surface area contributed by atoms with Crippen molar-refractivity contribution < 1.29 is 27.4 Å². The van der Waals surface area contributed by atoms with Gasteiger partial charge in [0.25, 0.3) is 17.7 Å². The van der Waals surface area contributed by atoms with Crippen LogP contribution in [0.2, 0.25) is 0 Å². The summed E-state index contributed by atoms with van der Waals surface area (Å²) in [6, 6.07) is 18.0. The van der Waals surface area contributed by atoms with Crippen LogP contribution in [0.4, 0.5) is 4.39 Å². The van der Waals surface area contributed by atoms with Gasteiger partial charge in [0.1, 0.15) is 33.7 Å². The number of carbonyl (C=O) groups excluding carboxylic acids is 3. The maximum absolute atomic E-state index is 13.5. The Bertz CT molecular complexity index is 1780. The Labute approximate surface area is 244 Å². The van der Waals surface area contributed by atoms with Crippen molar-refractivity contribution in [1.29, 1.82) is 0 Å². The van der Waals surface area contributed by atoms with Crippen LogP contribution in [0.5, 0.6) is 0 Å². The molecule has 4 aromatic rings. The van der Waals surface area contributed by atoms with Crippen molar-refractivity contribution in [3.05, 3.63) is 96.3 Å². The number of furan rings is 1. The summed E-state index contributed by atoms with van der Waals surface area (Å²) in [4.78, 5) is 39.3. The molecule has 8 nitrogen and oxygen atoms in total. The maximum atomic E-state index is 13.5. The van der Waals surface area contributed by atoms with E-state index in [2.05, 4.69) is 21.9 Å². The molecule has 0 aliphatic heterocycles. The predicted octanol–water partition coefficient (Wildman–Crippen LogP) is 4.88. The average molecular weight is 586 g/mol. The second kappa shape index (κ2) is 10.7. The van der Waals surface area contributed by atoms with Gasteiger partial charge in [-0.1, -0.05) is 24.3 Å². The lowest BCUT2D eigenvalue weighted by Gasteiger charge is -2.18. The number of hydrogen-bond donors (Lipinski definition) is 3. The van der Waals surface area contributed by atoms with Crippen molar-refractivity contribution in [2.45, 2.75) is 30.1 Å². The zero-order chi connectivity index (χ0) is 29.6. The van der Waals surface area contributed by atoms with Crippen LogP contribution in [0.3, 0.4) is 0 Å². The molecule has 0 bridgehead atoms. The molecule has 3 atom stereocenters. The van der Waals surface area contributed by atoms with Crippen molar-refractivity contribution in [1.82, 2.24) is 15.4 Å². The highest BCUT2D eigenvalue weighted by Crippen LogP contribution is 2.45. The fourth-order valence-electron chi connectivity index (χ4n) is 5.13. The van der Waals surface area contributed by atoms with Crippen molar-refractivity contribution in [3.8, 4) is 22.5 Å². The topological polar surface area (TPSA) is 118 Å². The highest BCUT2D eigenvalue weighted by Gasteiger charge is 2.60. The van der Waals surface area contributed by atoms with Gasteiger partial charge in [-0.05, 0) is 78.9 Å². The summed E-state index contributed by atoms with van der Waals surface area (Å²) >= 11 is 0. The number of carbonyl (C=O) groups is 3. The van der Waals surface area contributed by atoms with E-state index in [-0.39, 0.29) is 17.1 Å². The minimum atomic E-state index is -1.47. The average Bonchev–Trinajstić information content (AvgIpc) is 3.93. The molecule has 0 radical (unpaired) electrons. The zero-order valence-corrected chi connectivity index (χ0v) is 23.6. The van der Waals surface area contributed by atoms with Gasteiger partial charge in [-0.25, -0.2) is 8.60 Å². The Morgan fingerprint density at radius 3 is 2.38 bits per heavy atom. The molecular weight excluding hydrogens is 557 g/mol. The van der Waals surface area contributed by atoms with Gasteiger partial charge in [-0.3, -0.25) is 19.1 Å². The van der Waals surface area contributed by atoms with E-state index in [1.54, 1.807) is 42.5 Å².